The van der Waals surface area contributed by atoms with Crippen molar-refractivity contribution < 1.29 is 9.31 Å². The minimum absolute atomic E-state index is 0.242. The van der Waals surface area contributed by atoms with Crippen molar-refractivity contribution >= 4 is 18.7 Å². The van der Waals surface area contributed by atoms with Crippen LogP contribution in [0.4, 0.5) is 0 Å². The van der Waals surface area contributed by atoms with Crippen LogP contribution in [0, 0.1) is 0 Å². The van der Waals surface area contributed by atoms with E-state index in [9.17, 15) is 0 Å². The molecule has 1 saturated heterocycles. The summed E-state index contributed by atoms with van der Waals surface area (Å²) >= 11 is 5.79. The van der Waals surface area contributed by atoms with Crippen molar-refractivity contribution in [1.82, 2.24) is 4.98 Å². The molecular weight excluding hydrogens is 236 g/mol. The van der Waals surface area contributed by atoms with Crippen molar-refractivity contribution in [3.63, 3.8) is 0 Å². The summed E-state index contributed by atoms with van der Waals surface area (Å²) in [4.78, 5) is 4.25. The van der Waals surface area contributed by atoms with Crippen LogP contribution in [0.25, 0.3) is 0 Å². The van der Waals surface area contributed by atoms with Crippen LogP contribution in [0.1, 0.15) is 33.4 Å². The van der Waals surface area contributed by atoms with Crippen LogP contribution in [-0.2, 0) is 15.6 Å². The second-order valence-corrected chi connectivity index (χ2v) is 5.79. The summed E-state index contributed by atoms with van der Waals surface area (Å²) in [6.45, 7) is 8.18. The second kappa shape index (κ2) is 4.27. The minimum atomic E-state index is -0.288. The van der Waals surface area contributed by atoms with Gasteiger partial charge in [-0.2, -0.15) is 0 Å². The SMILES string of the molecule is CC1(C)OB(Cc2ccc(Cl)cn2)OC1(C)C. The van der Waals surface area contributed by atoms with Gasteiger partial charge in [-0.1, -0.05) is 11.6 Å². The third-order valence-corrected chi connectivity index (χ3v) is 3.69. The van der Waals surface area contributed by atoms with Gasteiger partial charge in [-0.25, -0.2) is 0 Å². The molecule has 1 aromatic heterocycles. The summed E-state index contributed by atoms with van der Waals surface area (Å²) in [5, 5.41) is 0.641. The summed E-state index contributed by atoms with van der Waals surface area (Å²) in [6.07, 6.45) is 2.28. The Morgan fingerprint density at radius 1 is 1.18 bits per heavy atom. The summed E-state index contributed by atoms with van der Waals surface area (Å²) in [6, 6.07) is 3.72. The van der Waals surface area contributed by atoms with Crippen molar-refractivity contribution in [1.29, 1.82) is 0 Å². The van der Waals surface area contributed by atoms with Gasteiger partial charge in [0.05, 0.1) is 16.2 Å². The third kappa shape index (κ3) is 2.64. The van der Waals surface area contributed by atoms with E-state index in [1.165, 1.54) is 0 Å². The number of pyridine rings is 1. The standard InChI is InChI=1S/C12H17BClNO2/c1-11(2)12(3,4)17-13(16-11)7-10-6-5-9(14)8-15-10/h5-6,8H,7H2,1-4H3. The molecular formula is C12H17BClNO2. The van der Waals surface area contributed by atoms with E-state index in [4.69, 9.17) is 20.9 Å². The van der Waals surface area contributed by atoms with Gasteiger partial charge >= 0.3 is 7.12 Å². The van der Waals surface area contributed by atoms with Crippen LogP contribution in [0.3, 0.4) is 0 Å². The van der Waals surface area contributed by atoms with Crippen molar-refractivity contribution in [2.24, 2.45) is 0 Å². The summed E-state index contributed by atoms with van der Waals surface area (Å²) in [7, 11) is -0.242. The van der Waals surface area contributed by atoms with Gasteiger partial charge in [-0.15, -0.1) is 0 Å². The van der Waals surface area contributed by atoms with Crippen molar-refractivity contribution in [3.05, 3.63) is 29.0 Å². The Kier molecular flexibility index (Phi) is 3.23. The highest BCUT2D eigenvalue weighted by molar-refractivity contribution is 6.44. The first-order valence-corrected chi connectivity index (χ1v) is 6.14. The molecule has 0 unspecified atom stereocenters. The molecule has 0 amide bonds. The molecule has 3 nitrogen and oxygen atoms in total. The zero-order chi connectivity index (χ0) is 12.7. The molecule has 1 aliphatic rings. The minimum Gasteiger partial charge on any atom is -0.403 e. The number of hydrogen-bond donors (Lipinski definition) is 0. The van der Waals surface area contributed by atoms with Crippen molar-refractivity contribution in [2.75, 3.05) is 0 Å². The first kappa shape index (κ1) is 12.9. The number of aromatic nitrogens is 1. The Morgan fingerprint density at radius 2 is 1.76 bits per heavy atom. The lowest BCUT2D eigenvalue weighted by Crippen LogP contribution is -2.41. The van der Waals surface area contributed by atoms with Gasteiger partial charge in [-0.05, 0) is 39.8 Å². The van der Waals surface area contributed by atoms with E-state index < -0.39 is 0 Å². The Bertz CT molecular complexity index is 389. The highest BCUT2D eigenvalue weighted by atomic mass is 35.5. The Labute approximate surface area is 108 Å². The Morgan fingerprint density at radius 3 is 2.24 bits per heavy atom. The molecule has 0 atom stereocenters. The van der Waals surface area contributed by atoms with E-state index in [1.54, 1.807) is 6.20 Å². The normalized spacial score (nSPS) is 21.8. The molecule has 0 aliphatic carbocycles. The fourth-order valence-electron chi connectivity index (χ4n) is 1.75. The molecule has 1 aromatic rings. The first-order chi connectivity index (χ1) is 7.80. The monoisotopic (exact) mass is 253 g/mol. The molecule has 0 spiro atoms. The molecule has 17 heavy (non-hydrogen) atoms. The highest BCUT2D eigenvalue weighted by Gasteiger charge is 2.50. The molecule has 2 rings (SSSR count). The lowest BCUT2D eigenvalue weighted by Gasteiger charge is -2.32. The van der Waals surface area contributed by atoms with Crippen LogP contribution < -0.4 is 0 Å². The number of hydrogen-bond acceptors (Lipinski definition) is 3. The van der Waals surface area contributed by atoms with Crippen LogP contribution in [0.2, 0.25) is 5.02 Å². The maximum Gasteiger partial charge on any atom is 0.464 e. The number of halogens is 1. The zero-order valence-electron chi connectivity index (χ0n) is 10.7. The number of nitrogens with zero attached hydrogens (tertiary/aromatic N) is 1. The maximum absolute atomic E-state index is 5.90. The van der Waals surface area contributed by atoms with Gasteiger partial charge in [-0.3, -0.25) is 4.98 Å². The zero-order valence-corrected chi connectivity index (χ0v) is 11.4. The molecule has 5 heteroatoms. The van der Waals surface area contributed by atoms with E-state index >= 15 is 0 Å². The molecule has 0 aromatic carbocycles. The first-order valence-electron chi connectivity index (χ1n) is 5.76. The topological polar surface area (TPSA) is 31.4 Å². The Balaban J connectivity index is 2.05. The van der Waals surface area contributed by atoms with Crippen molar-refractivity contribution in [3.8, 4) is 0 Å². The molecule has 0 radical (unpaired) electrons. The highest BCUT2D eigenvalue weighted by Crippen LogP contribution is 2.37. The molecule has 1 aliphatic heterocycles. The van der Waals surface area contributed by atoms with Crippen LogP contribution in [0.5, 0.6) is 0 Å². The predicted octanol–water partition coefficient (Wildman–Crippen LogP) is 2.91. The molecule has 1 fully saturated rings. The Hall–Kier alpha value is -0.575. The molecule has 2 heterocycles. The quantitative estimate of drug-likeness (QED) is 0.760. The fraction of sp³-hybridized carbons (Fsp3) is 0.583. The average Bonchev–Trinajstić information content (AvgIpc) is 2.39. The summed E-state index contributed by atoms with van der Waals surface area (Å²) in [5.41, 5.74) is 0.349. The molecule has 92 valence electrons. The average molecular weight is 254 g/mol. The van der Waals surface area contributed by atoms with Crippen LogP contribution in [0.15, 0.2) is 18.3 Å². The van der Waals surface area contributed by atoms with E-state index in [0.717, 1.165) is 5.69 Å². The maximum atomic E-state index is 5.90. The largest absolute Gasteiger partial charge is 0.464 e. The number of rotatable bonds is 2. The van der Waals surface area contributed by atoms with Gasteiger partial charge in [0.1, 0.15) is 0 Å². The van der Waals surface area contributed by atoms with E-state index in [0.29, 0.717) is 11.3 Å². The molecule has 0 bridgehead atoms. The lowest BCUT2D eigenvalue weighted by molar-refractivity contribution is 0.00578. The van der Waals surface area contributed by atoms with Gasteiger partial charge in [0.15, 0.2) is 0 Å². The second-order valence-electron chi connectivity index (χ2n) is 5.36. The van der Waals surface area contributed by atoms with Crippen LogP contribution >= 0.6 is 11.6 Å². The third-order valence-electron chi connectivity index (χ3n) is 3.47. The van der Waals surface area contributed by atoms with E-state index in [1.807, 2.05) is 39.8 Å². The van der Waals surface area contributed by atoms with Gasteiger partial charge in [0, 0.05) is 18.2 Å². The molecule has 0 saturated carbocycles. The van der Waals surface area contributed by atoms with Gasteiger partial charge < -0.3 is 9.31 Å². The predicted molar refractivity (Wildman–Crippen MR) is 69.0 cm³/mol. The summed E-state index contributed by atoms with van der Waals surface area (Å²) in [5.74, 6) is 0. The smallest absolute Gasteiger partial charge is 0.403 e. The van der Waals surface area contributed by atoms with E-state index in [2.05, 4.69) is 4.98 Å². The lowest BCUT2D eigenvalue weighted by atomic mass is 9.83. The van der Waals surface area contributed by atoms with Gasteiger partial charge in [0.25, 0.3) is 0 Å². The van der Waals surface area contributed by atoms with Gasteiger partial charge in [0.2, 0.25) is 0 Å². The molecule has 0 N–H and O–H groups in total. The summed E-state index contributed by atoms with van der Waals surface area (Å²) < 4.78 is 11.8. The van der Waals surface area contributed by atoms with E-state index in [-0.39, 0.29) is 18.3 Å². The van der Waals surface area contributed by atoms with Crippen LogP contribution in [-0.4, -0.2) is 23.3 Å². The fourth-order valence-corrected chi connectivity index (χ4v) is 1.86. The van der Waals surface area contributed by atoms with Crippen molar-refractivity contribution in [2.45, 2.75) is 45.2 Å².